The fourth-order valence-corrected chi connectivity index (χ4v) is 1.61. The summed E-state index contributed by atoms with van der Waals surface area (Å²) in [5, 5.41) is 10.7. The highest BCUT2D eigenvalue weighted by molar-refractivity contribution is 5.80. The molecule has 1 fully saturated rings. The Morgan fingerprint density at radius 1 is 1.56 bits per heavy atom. The quantitative estimate of drug-likeness (QED) is 0.741. The molecule has 1 aliphatic carbocycles. The molecule has 0 aromatic carbocycles. The number of halogens is 3. The number of amides is 1. The summed E-state index contributed by atoms with van der Waals surface area (Å²) in [6.07, 6.45) is -4.56. The molecule has 1 aliphatic rings. The SMILES string of the molecule is C=CCOC(=O)NC(C(=O)O)C1CC1C(F)(F)F. The van der Waals surface area contributed by atoms with E-state index in [2.05, 4.69) is 11.3 Å². The number of carboxylic acid groups (broad SMARTS) is 1. The molecule has 0 aliphatic heterocycles. The van der Waals surface area contributed by atoms with Crippen molar-refractivity contribution in [2.45, 2.75) is 18.6 Å². The van der Waals surface area contributed by atoms with Crippen molar-refractivity contribution in [3.63, 3.8) is 0 Å². The zero-order chi connectivity index (χ0) is 13.9. The van der Waals surface area contributed by atoms with E-state index < -0.39 is 36.1 Å². The monoisotopic (exact) mass is 267 g/mol. The van der Waals surface area contributed by atoms with E-state index >= 15 is 0 Å². The van der Waals surface area contributed by atoms with Crippen LogP contribution in [0, 0.1) is 11.8 Å². The highest BCUT2D eigenvalue weighted by atomic mass is 19.4. The lowest BCUT2D eigenvalue weighted by Crippen LogP contribution is -2.43. The van der Waals surface area contributed by atoms with E-state index in [9.17, 15) is 22.8 Å². The molecular formula is C10H12F3NO4. The van der Waals surface area contributed by atoms with Gasteiger partial charge in [0.15, 0.2) is 0 Å². The molecule has 1 amide bonds. The van der Waals surface area contributed by atoms with Crippen LogP contribution in [-0.4, -0.2) is 36.0 Å². The number of carbonyl (C=O) groups excluding carboxylic acids is 1. The van der Waals surface area contributed by atoms with Crippen LogP contribution in [0.4, 0.5) is 18.0 Å². The Labute approximate surface area is 101 Å². The van der Waals surface area contributed by atoms with Crippen molar-refractivity contribution < 1.29 is 32.6 Å². The number of alkyl carbamates (subject to hydrolysis) is 1. The Morgan fingerprint density at radius 2 is 2.17 bits per heavy atom. The van der Waals surface area contributed by atoms with E-state index in [-0.39, 0.29) is 13.0 Å². The summed E-state index contributed by atoms with van der Waals surface area (Å²) < 4.78 is 41.4. The predicted octanol–water partition coefficient (Wildman–Crippen LogP) is 1.55. The third kappa shape index (κ3) is 3.64. The van der Waals surface area contributed by atoms with Gasteiger partial charge in [-0.1, -0.05) is 12.7 Å². The van der Waals surface area contributed by atoms with Gasteiger partial charge in [0.2, 0.25) is 0 Å². The molecule has 3 unspecified atom stereocenters. The number of rotatable bonds is 5. The van der Waals surface area contributed by atoms with Crippen LogP contribution in [0.3, 0.4) is 0 Å². The number of carbonyl (C=O) groups is 2. The van der Waals surface area contributed by atoms with E-state index in [0.717, 1.165) is 0 Å². The van der Waals surface area contributed by atoms with Crippen molar-refractivity contribution in [3.05, 3.63) is 12.7 Å². The largest absolute Gasteiger partial charge is 0.480 e. The molecule has 3 atom stereocenters. The topological polar surface area (TPSA) is 75.6 Å². The lowest BCUT2D eigenvalue weighted by atomic mass is 10.1. The average Bonchev–Trinajstić information content (AvgIpc) is 3.01. The highest BCUT2D eigenvalue weighted by Gasteiger charge is 2.60. The number of alkyl halides is 3. The van der Waals surface area contributed by atoms with Gasteiger partial charge in [-0.25, -0.2) is 9.59 Å². The maximum absolute atomic E-state index is 12.3. The number of ether oxygens (including phenoxy) is 1. The minimum Gasteiger partial charge on any atom is -0.480 e. The van der Waals surface area contributed by atoms with Crippen LogP contribution in [0.15, 0.2) is 12.7 Å². The van der Waals surface area contributed by atoms with Crippen molar-refractivity contribution in [2.24, 2.45) is 11.8 Å². The lowest BCUT2D eigenvalue weighted by molar-refractivity contribution is -0.154. The van der Waals surface area contributed by atoms with Gasteiger partial charge in [0.05, 0.1) is 5.92 Å². The third-order valence-electron chi connectivity index (χ3n) is 2.56. The molecule has 0 aromatic rings. The number of aliphatic carboxylic acids is 1. The van der Waals surface area contributed by atoms with Gasteiger partial charge in [-0.05, 0) is 6.42 Å². The molecule has 102 valence electrons. The number of carboxylic acids is 1. The van der Waals surface area contributed by atoms with Gasteiger partial charge in [-0.3, -0.25) is 0 Å². The van der Waals surface area contributed by atoms with Crippen molar-refractivity contribution in [1.29, 1.82) is 0 Å². The molecule has 1 saturated carbocycles. The molecule has 8 heteroatoms. The fraction of sp³-hybridized carbons (Fsp3) is 0.600. The van der Waals surface area contributed by atoms with Crippen LogP contribution in [0.2, 0.25) is 0 Å². The van der Waals surface area contributed by atoms with Crippen LogP contribution >= 0.6 is 0 Å². The number of hydrogen-bond donors (Lipinski definition) is 2. The third-order valence-corrected chi connectivity index (χ3v) is 2.56. The minimum atomic E-state index is -4.44. The first-order valence-electron chi connectivity index (χ1n) is 5.11. The summed E-state index contributed by atoms with van der Waals surface area (Å²) in [7, 11) is 0. The normalized spacial score (nSPS) is 23.9. The first-order valence-corrected chi connectivity index (χ1v) is 5.11. The second-order valence-corrected chi connectivity index (χ2v) is 3.90. The minimum absolute atomic E-state index is 0.147. The zero-order valence-corrected chi connectivity index (χ0v) is 9.24. The van der Waals surface area contributed by atoms with Crippen molar-refractivity contribution in [1.82, 2.24) is 5.32 Å². The Kier molecular flexibility index (Phi) is 4.20. The number of nitrogens with one attached hydrogen (secondary N) is 1. The van der Waals surface area contributed by atoms with E-state index in [4.69, 9.17) is 5.11 Å². The molecular weight excluding hydrogens is 255 g/mol. The summed E-state index contributed by atoms with van der Waals surface area (Å²) >= 11 is 0. The Balaban J connectivity index is 2.55. The molecule has 0 spiro atoms. The van der Waals surface area contributed by atoms with Gasteiger partial charge in [-0.15, -0.1) is 0 Å². The van der Waals surface area contributed by atoms with Gasteiger partial charge in [0, 0.05) is 5.92 Å². The smallest absolute Gasteiger partial charge is 0.408 e. The first-order chi connectivity index (χ1) is 8.27. The molecule has 0 heterocycles. The molecule has 0 radical (unpaired) electrons. The second kappa shape index (κ2) is 5.28. The molecule has 1 rings (SSSR count). The van der Waals surface area contributed by atoms with E-state index in [0.29, 0.717) is 0 Å². The van der Waals surface area contributed by atoms with Gasteiger partial charge in [0.1, 0.15) is 12.6 Å². The van der Waals surface area contributed by atoms with Crippen LogP contribution in [0.1, 0.15) is 6.42 Å². The summed E-state index contributed by atoms with van der Waals surface area (Å²) in [4.78, 5) is 21.9. The molecule has 0 aromatic heterocycles. The highest BCUT2D eigenvalue weighted by Crippen LogP contribution is 2.51. The summed E-state index contributed by atoms with van der Waals surface area (Å²) in [6, 6.07) is -1.59. The maximum Gasteiger partial charge on any atom is 0.408 e. The Bertz CT molecular complexity index is 356. The summed E-state index contributed by atoms with van der Waals surface area (Å²) in [6.45, 7) is 3.12. The Morgan fingerprint density at radius 3 is 2.56 bits per heavy atom. The standard InChI is InChI=1S/C10H12F3NO4/c1-2-3-18-9(17)14-7(8(15)16)5-4-6(5)10(11,12)13/h2,5-7H,1,3-4H2,(H,14,17)(H,15,16). The summed E-state index contributed by atoms with van der Waals surface area (Å²) in [5.74, 6) is -4.33. The van der Waals surface area contributed by atoms with Gasteiger partial charge in [-0.2, -0.15) is 13.2 Å². The van der Waals surface area contributed by atoms with Crippen molar-refractivity contribution >= 4 is 12.1 Å². The molecule has 5 nitrogen and oxygen atoms in total. The first kappa shape index (κ1) is 14.3. The number of hydrogen-bond acceptors (Lipinski definition) is 3. The van der Waals surface area contributed by atoms with Crippen LogP contribution < -0.4 is 5.32 Å². The van der Waals surface area contributed by atoms with Gasteiger partial charge in [0.25, 0.3) is 0 Å². The van der Waals surface area contributed by atoms with Crippen LogP contribution in [-0.2, 0) is 9.53 Å². The molecule has 0 saturated heterocycles. The summed E-state index contributed by atoms with van der Waals surface area (Å²) in [5.41, 5.74) is 0. The van der Waals surface area contributed by atoms with Gasteiger partial charge >= 0.3 is 18.2 Å². The molecule has 2 N–H and O–H groups in total. The molecule has 0 bridgehead atoms. The van der Waals surface area contributed by atoms with E-state index in [1.54, 1.807) is 0 Å². The molecule has 18 heavy (non-hydrogen) atoms. The zero-order valence-electron chi connectivity index (χ0n) is 9.24. The van der Waals surface area contributed by atoms with Gasteiger partial charge < -0.3 is 15.2 Å². The maximum atomic E-state index is 12.3. The van der Waals surface area contributed by atoms with Crippen LogP contribution in [0.25, 0.3) is 0 Å². The average molecular weight is 267 g/mol. The van der Waals surface area contributed by atoms with E-state index in [1.165, 1.54) is 6.08 Å². The second-order valence-electron chi connectivity index (χ2n) is 3.90. The predicted molar refractivity (Wildman–Crippen MR) is 53.8 cm³/mol. The Hall–Kier alpha value is -1.73. The van der Waals surface area contributed by atoms with Crippen LogP contribution in [0.5, 0.6) is 0 Å². The fourth-order valence-electron chi connectivity index (χ4n) is 1.61. The van der Waals surface area contributed by atoms with E-state index in [1.807, 2.05) is 5.32 Å². The lowest BCUT2D eigenvalue weighted by Gasteiger charge is -2.14. The van der Waals surface area contributed by atoms with Crippen molar-refractivity contribution in [3.8, 4) is 0 Å². The van der Waals surface area contributed by atoms with Crippen molar-refractivity contribution in [2.75, 3.05) is 6.61 Å².